The average molecular weight is 691 g/mol. The number of hydrogen-bond acceptors (Lipinski definition) is 8. The van der Waals surface area contributed by atoms with Crippen LogP contribution in [0, 0.1) is 17.8 Å². The van der Waals surface area contributed by atoms with E-state index in [9.17, 15) is 24.3 Å². The smallest absolute Gasteiger partial charge is 0.391 e. The van der Waals surface area contributed by atoms with Crippen molar-refractivity contribution >= 4 is 23.9 Å². The number of H-pyrrole nitrogens is 1. The van der Waals surface area contributed by atoms with Gasteiger partial charge in [0, 0.05) is 57.0 Å². The molecule has 278 valence electrons. The van der Waals surface area contributed by atoms with Crippen LogP contribution in [0.4, 0.5) is 9.59 Å². The van der Waals surface area contributed by atoms with Crippen LogP contribution < -0.4 is 21.7 Å². The summed E-state index contributed by atoms with van der Waals surface area (Å²) in [5.74, 6) is -0.545. The van der Waals surface area contributed by atoms with Gasteiger partial charge in [-0.25, -0.2) is 14.6 Å². The van der Waals surface area contributed by atoms with Gasteiger partial charge in [0.1, 0.15) is 0 Å². The third-order valence-electron chi connectivity index (χ3n) is 9.97. The molecular weight excluding hydrogens is 628 g/mol. The van der Waals surface area contributed by atoms with Crippen molar-refractivity contribution in [3.8, 4) is 0 Å². The summed E-state index contributed by atoms with van der Waals surface area (Å²) in [6.45, 7) is 9.60. The Morgan fingerprint density at radius 2 is 1.82 bits per heavy atom. The minimum atomic E-state index is -1.21. The van der Waals surface area contributed by atoms with Gasteiger partial charge in [0.2, 0.25) is 5.91 Å². The van der Waals surface area contributed by atoms with Crippen LogP contribution in [0.3, 0.4) is 0 Å². The summed E-state index contributed by atoms with van der Waals surface area (Å²) < 4.78 is 0. The zero-order valence-corrected chi connectivity index (χ0v) is 30.1. The fourth-order valence-electron chi connectivity index (χ4n) is 6.72. The first-order chi connectivity index (χ1) is 23.5. The highest BCUT2D eigenvalue weighted by Gasteiger charge is 2.38. The van der Waals surface area contributed by atoms with E-state index < -0.39 is 36.1 Å². The Kier molecular flexibility index (Phi) is 17.1. The van der Waals surface area contributed by atoms with Gasteiger partial charge in [0.05, 0.1) is 18.5 Å². The second-order valence-electron chi connectivity index (χ2n) is 14.2. The van der Waals surface area contributed by atoms with Crippen molar-refractivity contribution in [1.29, 1.82) is 0 Å². The number of aromatic nitrogens is 2. The number of likely N-dealkylation sites (tertiary alicyclic amines) is 1. The molecule has 1 unspecified atom stereocenters. The molecule has 0 radical (unpaired) electrons. The summed E-state index contributed by atoms with van der Waals surface area (Å²) in [5, 5.41) is 21.5. The van der Waals surface area contributed by atoms with Gasteiger partial charge in [0.15, 0.2) is 6.04 Å². The summed E-state index contributed by atoms with van der Waals surface area (Å²) in [7, 11) is 0. The highest BCUT2D eigenvalue weighted by atomic mass is 16.7. The zero-order valence-electron chi connectivity index (χ0n) is 30.1. The molecule has 1 saturated heterocycles. The normalized spacial score (nSPS) is 18.3. The minimum absolute atomic E-state index is 0.00246. The molecule has 1 saturated carbocycles. The number of carbonyl (C=O) groups is 4. The van der Waals surface area contributed by atoms with Crippen LogP contribution in [0.25, 0.3) is 0 Å². The number of hydroxylamine groups is 2. The van der Waals surface area contributed by atoms with E-state index in [0.29, 0.717) is 69.9 Å². The van der Waals surface area contributed by atoms with Crippen molar-refractivity contribution < 1.29 is 29.1 Å². The van der Waals surface area contributed by atoms with E-state index in [1.807, 2.05) is 13.8 Å². The number of aliphatic hydroxyl groups excluding tert-OH is 1. The quantitative estimate of drug-likeness (QED) is 0.133. The molecule has 5 amide bonds. The lowest BCUT2D eigenvalue weighted by Gasteiger charge is -2.36. The number of nitrogens with two attached hydrogens (primary N) is 1. The topological polar surface area (TPSA) is 195 Å². The zero-order chi connectivity index (χ0) is 35.8. The number of carbonyl (C=O) groups excluding carboxylic acids is 4. The largest absolute Gasteiger partial charge is 0.434 e. The molecule has 1 aromatic rings. The molecule has 0 bridgehead atoms. The fourth-order valence-corrected chi connectivity index (χ4v) is 6.72. The predicted molar refractivity (Wildman–Crippen MR) is 187 cm³/mol. The van der Waals surface area contributed by atoms with Gasteiger partial charge in [-0.1, -0.05) is 59.3 Å². The standard InChI is InChI=1S/C35H62N8O6/c1-5-7-13-32(45)43(49-35(48)42-16-14-27(36)15-17-42)30(20-28-22-37-23-40-28)33(46)41-29(18-25-11-9-8-10-12-25)31(44)19-26(24(3)4)21-39-34(47)38-6-2/h22-27,29-31,44H,5-21,36H2,1-4H3,(H,37,40)(H,41,46)(H2,38,39,47)/t26-,29+,30?,31+/m1/s1. The number of imidazole rings is 1. The molecule has 2 fully saturated rings. The average Bonchev–Trinajstić information content (AvgIpc) is 3.60. The first-order valence-corrected chi connectivity index (χ1v) is 18.5. The Hall–Kier alpha value is -3.39. The molecular formula is C35H62N8O6. The Morgan fingerprint density at radius 3 is 2.43 bits per heavy atom. The first-order valence-electron chi connectivity index (χ1n) is 18.5. The van der Waals surface area contributed by atoms with Crippen molar-refractivity contribution in [2.24, 2.45) is 23.5 Å². The van der Waals surface area contributed by atoms with Crippen LogP contribution in [0.2, 0.25) is 0 Å². The molecule has 2 aliphatic rings. The number of nitrogens with one attached hydrogen (secondary N) is 4. The lowest BCUT2D eigenvalue weighted by Crippen LogP contribution is -2.57. The number of unbranched alkanes of at least 4 members (excludes halogenated alkanes) is 1. The van der Waals surface area contributed by atoms with E-state index in [1.54, 1.807) is 6.20 Å². The van der Waals surface area contributed by atoms with Crippen LogP contribution in [-0.2, 0) is 20.8 Å². The maximum Gasteiger partial charge on any atom is 0.434 e. The van der Waals surface area contributed by atoms with Gasteiger partial charge in [-0.15, -0.1) is 0 Å². The van der Waals surface area contributed by atoms with Gasteiger partial charge in [-0.05, 0) is 56.8 Å². The van der Waals surface area contributed by atoms with E-state index in [0.717, 1.165) is 37.2 Å². The second-order valence-corrected chi connectivity index (χ2v) is 14.2. The monoisotopic (exact) mass is 690 g/mol. The number of rotatable bonds is 17. The third-order valence-corrected chi connectivity index (χ3v) is 9.97. The van der Waals surface area contributed by atoms with Crippen LogP contribution in [0.1, 0.15) is 110 Å². The maximum absolute atomic E-state index is 14.4. The lowest BCUT2D eigenvalue weighted by molar-refractivity contribution is -0.184. The third kappa shape index (κ3) is 13.4. The maximum atomic E-state index is 14.4. The van der Waals surface area contributed by atoms with Gasteiger partial charge < -0.3 is 41.5 Å². The van der Waals surface area contributed by atoms with Crippen molar-refractivity contribution in [2.75, 3.05) is 26.2 Å². The van der Waals surface area contributed by atoms with Gasteiger partial charge in [0.25, 0.3) is 5.91 Å². The van der Waals surface area contributed by atoms with Gasteiger partial charge >= 0.3 is 12.1 Å². The summed E-state index contributed by atoms with van der Waals surface area (Å²) >= 11 is 0. The van der Waals surface area contributed by atoms with Crippen LogP contribution in [0.5, 0.6) is 0 Å². The Balaban J connectivity index is 1.88. The van der Waals surface area contributed by atoms with Gasteiger partial charge in [-0.2, -0.15) is 5.06 Å². The fraction of sp³-hybridized carbons (Fsp3) is 0.800. The van der Waals surface area contributed by atoms with Crippen molar-refractivity contribution in [1.82, 2.24) is 35.9 Å². The van der Waals surface area contributed by atoms with E-state index in [2.05, 4.69) is 39.8 Å². The molecule has 14 nitrogen and oxygen atoms in total. The number of urea groups is 1. The number of nitrogens with zero attached hydrogens (tertiary/aromatic N) is 3. The molecule has 7 N–H and O–H groups in total. The summed E-state index contributed by atoms with van der Waals surface area (Å²) in [4.78, 5) is 68.1. The molecule has 1 aliphatic carbocycles. The van der Waals surface area contributed by atoms with E-state index >= 15 is 0 Å². The Morgan fingerprint density at radius 1 is 1.10 bits per heavy atom. The summed E-state index contributed by atoms with van der Waals surface area (Å²) in [6.07, 6.45) is 10.5. The molecule has 0 spiro atoms. The molecule has 1 aromatic heterocycles. The first kappa shape index (κ1) is 40.0. The molecule has 2 heterocycles. The second kappa shape index (κ2) is 21.0. The van der Waals surface area contributed by atoms with Gasteiger partial charge in [-0.3, -0.25) is 9.59 Å². The van der Waals surface area contributed by atoms with E-state index in [1.165, 1.54) is 17.6 Å². The Bertz CT molecular complexity index is 1140. The highest BCUT2D eigenvalue weighted by molar-refractivity contribution is 5.88. The number of amides is 5. The molecule has 1 aliphatic heterocycles. The molecule has 49 heavy (non-hydrogen) atoms. The van der Waals surface area contributed by atoms with Crippen molar-refractivity contribution in [2.45, 2.75) is 135 Å². The molecule has 3 rings (SSSR count). The predicted octanol–water partition coefficient (Wildman–Crippen LogP) is 3.61. The number of hydrogen-bond donors (Lipinski definition) is 6. The minimum Gasteiger partial charge on any atom is -0.391 e. The number of aliphatic hydroxyl groups is 1. The molecule has 14 heteroatoms. The van der Waals surface area contributed by atoms with E-state index in [4.69, 9.17) is 10.6 Å². The SMILES string of the molecule is CCCCC(=O)N(OC(=O)N1CCC(N)CC1)C(Cc1cnc[nH]1)C(=O)N[C@@H](CC1CCCCC1)[C@@H](O)C[C@H](CNC(=O)NCC)C(C)C. The van der Waals surface area contributed by atoms with E-state index in [-0.39, 0.29) is 36.8 Å². The van der Waals surface area contributed by atoms with Crippen LogP contribution >= 0.6 is 0 Å². The van der Waals surface area contributed by atoms with Crippen LogP contribution in [0.15, 0.2) is 12.5 Å². The number of aromatic amines is 1. The summed E-state index contributed by atoms with van der Waals surface area (Å²) in [5.41, 5.74) is 6.64. The van der Waals surface area contributed by atoms with Crippen molar-refractivity contribution in [3.63, 3.8) is 0 Å². The molecule has 4 atom stereocenters. The highest BCUT2D eigenvalue weighted by Crippen LogP contribution is 2.30. The van der Waals surface area contributed by atoms with Crippen molar-refractivity contribution in [3.05, 3.63) is 18.2 Å². The summed E-state index contributed by atoms with van der Waals surface area (Å²) in [6, 6.07) is -2.08. The molecule has 0 aromatic carbocycles. The number of piperidine rings is 1. The van der Waals surface area contributed by atoms with Crippen LogP contribution in [-0.4, -0.2) is 99.4 Å². The lowest BCUT2D eigenvalue weighted by atomic mass is 9.81. The Labute approximate surface area is 292 Å².